The van der Waals surface area contributed by atoms with Crippen molar-refractivity contribution in [3.63, 3.8) is 0 Å². The maximum Gasteiger partial charge on any atom is 0.251 e. The molecule has 1 aliphatic heterocycles. The van der Waals surface area contributed by atoms with E-state index in [-0.39, 0.29) is 12.0 Å². The van der Waals surface area contributed by atoms with Crippen LogP contribution in [0.2, 0.25) is 0 Å². The predicted molar refractivity (Wildman–Crippen MR) is 87.8 cm³/mol. The summed E-state index contributed by atoms with van der Waals surface area (Å²) in [5.74, 6) is 0.620. The van der Waals surface area contributed by atoms with Crippen LogP contribution in [0.3, 0.4) is 0 Å². The Balaban J connectivity index is 2.01. The van der Waals surface area contributed by atoms with Crippen molar-refractivity contribution in [2.24, 2.45) is 0 Å². The SMILES string of the molecule is CC(C)Oc1cc(Br)cc(C(=O)NCC2=CCNCC2)c1. The van der Waals surface area contributed by atoms with Crippen LogP contribution in [0.15, 0.2) is 34.3 Å². The van der Waals surface area contributed by atoms with Crippen molar-refractivity contribution in [3.8, 4) is 5.75 Å². The molecule has 21 heavy (non-hydrogen) atoms. The summed E-state index contributed by atoms with van der Waals surface area (Å²) in [6, 6.07) is 5.45. The smallest absolute Gasteiger partial charge is 0.251 e. The van der Waals surface area contributed by atoms with Gasteiger partial charge in [0.1, 0.15) is 5.75 Å². The third-order valence-electron chi connectivity index (χ3n) is 3.14. The molecule has 0 fully saturated rings. The van der Waals surface area contributed by atoms with E-state index in [9.17, 15) is 4.79 Å². The van der Waals surface area contributed by atoms with Gasteiger partial charge in [-0.15, -0.1) is 0 Å². The number of nitrogens with one attached hydrogen (secondary N) is 2. The first-order valence-corrected chi connectivity index (χ1v) is 7.98. The van der Waals surface area contributed by atoms with E-state index in [2.05, 4.69) is 32.6 Å². The summed E-state index contributed by atoms with van der Waals surface area (Å²) in [5.41, 5.74) is 1.88. The maximum atomic E-state index is 12.2. The topological polar surface area (TPSA) is 50.4 Å². The average molecular weight is 353 g/mol. The van der Waals surface area contributed by atoms with Gasteiger partial charge >= 0.3 is 0 Å². The molecule has 1 aromatic rings. The lowest BCUT2D eigenvalue weighted by Crippen LogP contribution is -2.29. The molecule has 0 atom stereocenters. The van der Waals surface area contributed by atoms with Crippen LogP contribution in [0.5, 0.6) is 5.75 Å². The lowest BCUT2D eigenvalue weighted by molar-refractivity contribution is 0.0955. The number of hydrogen-bond acceptors (Lipinski definition) is 3. The van der Waals surface area contributed by atoms with Gasteiger partial charge in [-0.1, -0.05) is 27.6 Å². The Labute approximate surface area is 134 Å². The van der Waals surface area contributed by atoms with Crippen LogP contribution in [0.1, 0.15) is 30.6 Å². The minimum absolute atomic E-state index is 0.0788. The number of carbonyl (C=O) groups is 1. The van der Waals surface area contributed by atoms with Crippen LogP contribution < -0.4 is 15.4 Å². The third-order valence-corrected chi connectivity index (χ3v) is 3.60. The van der Waals surface area contributed by atoms with Gasteiger partial charge in [0, 0.05) is 23.1 Å². The van der Waals surface area contributed by atoms with Gasteiger partial charge in [0.05, 0.1) is 6.10 Å². The summed E-state index contributed by atoms with van der Waals surface area (Å²) in [6.07, 6.45) is 3.20. The number of hydrogen-bond donors (Lipinski definition) is 2. The molecule has 0 radical (unpaired) electrons. The van der Waals surface area contributed by atoms with Crippen LogP contribution in [-0.2, 0) is 0 Å². The normalized spacial score (nSPS) is 14.8. The van der Waals surface area contributed by atoms with Crippen molar-refractivity contribution in [2.75, 3.05) is 19.6 Å². The highest BCUT2D eigenvalue weighted by molar-refractivity contribution is 9.10. The number of halogens is 1. The van der Waals surface area contributed by atoms with Crippen molar-refractivity contribution in [1.29, 1.82) is 0 Å². The molecule has 5 heteroatoms. The summed E-state index contributed by atoms with van der Waals surface area (Å²) in [6.45, 7) is 6.39. The Kier molecular flexibility index (Phi) is 5.82. The average Bonchev–Trinajstić information content (AvgIpc) is 2.44. The van der Waals surface area contributed by atoms with E-state index in [1.807, 2.05) is 19.9 Å². The van der Waals surface area contributed by atoms with Crippen molar-refractivity contribution in [3.05, 3.63) is 39.9 Å². The Morgan fingerprint density at radius 1 is 1.43 bits per heavy atom. The summed E-state index contributed by atoms with van der Waals surface area (Å²) in [5, 5.41) is 6.22. The summed E-state index contributed by atoms with van der Waals surface area (Å²) < 4.78 is 6.49. The van der Waals surface area contributed by atoms with Gasteiger partial charge in [0.25, 0.3) is 5.91 Å². The Morgan fingerprint density at radius 2 is 2.24 bits per heavy atom. The van der Waals surface area contributed by atoms with E-state index < -0.39 is 0 Å². The summed E-state index contributed by atoms with van der Waals surface area (Å²) in [4.78, 5) is 12.2. The van der Waals surface area contributed by atoms with Crippen LogP contribution in [0.25, 0.3) is 0 Å². The number of amides is 1. The van der Waals surface area contributed by atoms with E-state index in [0.29, 0.717) is 17.9 Å². The van der Waals surface area contributed by atoms with Crippen LogP contribution >= 0.6 is 15.9 Å². The third kappa shape index (κ3) is 5.17. The van der Waals surface area contributed by atoms with Gasteiger partial charge in [-0.25, -0.2) is 0 Å². The van der Waals surface area contributed by atoms with Gasteiger partial charge in [0.15, 0.2) is 0 Å². The molecule has 0 bridgehead atoms. The van der Waals surface area contributed by atoms with E-state index in [1.165, 1.54) is 5.57 Å². The van der Waals surface area contributed by atoms with Gasteiger partial charge in [0.2, 0.25) is 0 Å². The zero-order valence-corrected chi connectivity index (χ0v) is 14.0. The largest absolute Gasteiger partial charge is 0.491 e. The Hall–Kier alpha value is -1.33. The van der Waals surface area contributed by atoms with Gasteiger partial charge in [-0.05, 0) is 45.0 Å². The lowest BCUT2D eigenvalue weighted by Gasteiger charge is -2.15. The first-order chi connectivity index (χ1) is 10.0. The van der Waals surface area contributed by atoms with Crippen molar-refractivity contribution < 1.29 is 9.53 Å². The molecule has 1 aliphatic rings. The molecule has 0 saturated heterocycles. The molecule has 0 spiro atoms. The second-order valence-electron chi connectivity index (χ2n) is 5.34. The standard InChI is InChI=1S/C16H21BrN2O2/c1-11(2)21-15-8-13(7-14(17)9-15)16(20)19-10-12-3-5-18-6-4-12/h3,7-9,11,18H,4-6,10H2,1-2H3,(H,19,20). The van der Waals surface area contributed by atoms with Crippen molar-refractivity contribution >= 4 is 21.8 Å². The second-order valence-corrected chi connectivity index (χ2v) is 6.26. The fraction of sp³-hybridized carbons (Fsp3) is 0.438. The number of rotatable bonds is 5. The monoisotopic (exact) mass is 352 g/mol. The van der Waals surface area contributed by atoms with Crippen molar-refractivity contribution in [2.45, 2.75) is 26.4 Å². The van der Waals surface area contributed by atoms with Gasteiger partial charge in [-0.2, -0.15) is 0 Å². The van der Waals surface area contributed by atoms with Crippen LogP contribution in [0.4, 0.5) is 0 Å². The minimum atomic E-state index is -0.0793. The molecule has 0 unspecified atom stereocenters. The molecule has 2 rings (SSSR count). The molecule has 1 heterocycles. The van der Waals surface area contributed by atoms with E-state index in [1.54, 1.807) is 12.1 Å². The molecular formula is C16H21BrN2O2. The zero-order chi connectivity index (χ0) is 15.2. The molecule has 0 saturated carbocycles. The Bertz CT molecular complexity index is 541. The second kappa shape index (κ2) is 7.61. The molecule has 0 aliphatic carbocycles. The van der Waals surface area contributed by atoms with Gasteiger partial charge < -0.3 is 15.4 Å². The van der Waals surface area contributed by atoms with Crippen LogP contribution in [-0.4, -0.2) is 31.6 Å². The van der Waals surface area contributed by atoms with E-state index in [4.69, 9.17) is 4.74 Å². The maximum absolute atomic E-state index is 12.2. The van der Waals surface area contributed by atoms with E-state index >= 15 is 0 Å². The molecule has 4 nitrogen and oxygen atoms in total. The molecule has 1 amide bonds. The zero-order valence-electron chi connectivity index (χ0n) is 12.4. The molecule has 2 N–H and O–H groups in total. The number of ether oxygens (including phenoxy) is 1. The quantitative estimate of drug-likeness (QED) is 0.801. The highest BCUT2D eigenvalue weighted by atomic mass is 79.9. The molecule has 114 valence electrons. The predicted octanol–water partition coefficient (Wildman–Crippen LogP) is 2.89. The first-order valence-electron chi connectivity index (χ1n) is 7.18. The fourth-order valence-electron chi connectivity index (χ4n) is 2.16. The number of carbonyl (C=O) groups excluding carboxylic acids is 1. The summed E-state index contributed by atoms with van der Waals surface area (Å²) in [7, 11) is 0. The number of benzene rings is 1. The lowest BCUT2D eigenvalue weighted by atomic mass is 10.1. The highest BCUT2D eigenvalue weighted by Crippen LogP contribution is 2.22. The minimum Gasteiger partial charge on any atom is -0.491 e. The molecule has 0 aromatic heterocycles. The van der Waals surface area contributed by atoms with Crippen LogP contribution in [0, 0.1) is 0 Å². The fourth-order valence-corrected chi connectivity index (χ4v) is 2.63. The van der Waals surface area contributed by atoms with E-state index in [0.717, 1.165) is 24.0 Å². The molecule has 1 aromatic carbocycles. The Morgan fingerprint density at radius 3 is 2.90 bits per heavy atom. The van der Waals surface area contributed by atoms with Crippen molar-refractivity contribution in [1.82, 2.24) is 10.6 Å². The highest BCUT2D eigenvalue weighted by Gasteiger charge is 2.11. The molecular weight excluding hydrogens is 332 g/mol. The van der Waals surface area contributed by atoms with Gasteiger partial charge in [-0.3, -0.25) is 4.79 Å². The summed E-state index contributed by atoms with van der Waals surface area (Å²) >= 11 is 3.42. The first kappa shape index (κ1) is 16.0.